The molecule has 0 unspecified atom stereocenters. The summed E-state index contributed by atoms with van der Waals surface area (Å²) >= 11 is 0. The van der Waals surface area contributed by atoms with Crippen LogP contribution in [0.2, 0.25) is 0 Å². The molecule has 1 N–H and O–H groups in total. The third-order valence-electron chi connectivity index (χ3n) is 3.86. The van der Waals surface area contributed by atoms with Crippen molar-refractivity contribution in [1.82, 2.24) is 5.32 Å². The molecule has 21 heavy (non-hydrogen) atoms. The van der Waals surface area contributed by atoms with Crippen molar-refractivity contribution in [1.29, 1.82) is 0 Å². The van der Waals surface area contributed by atoms with Crippen LogP contribution < -0.4 is 10.1 Å². The molecule has 2 nitrogen and oxygen atoms in total. The maximum atomic E-state index is 5.18. The smallest absolute Gasteiger partial charge is 0.118 e. The van der Waals surface area contributed by atoms with Crippen LogP contribution in [0, 0.1) is 0 Å². The zero-order chi connectivity index (χ0) is 15.1. The molecule has 2 aromatic rings. The number of ether oxygens (including phenoxy) is 1. The van der Waals surface area contributed by atoms with E-state index in [1.54, 1.807) is 7.11 Å². The van der Waals surface area contributed by atoms with Gasteiger partial charge in [0.2, 0.25) is 0 Å². The van der Waals surface area contributed by atoms with Crippen LogP contribution in [-0.2, 0) is 6.42 Å². The van der Waals surface area contributed by atoms with E-state index in [-0.39, 0.29) is 0 Å². The second-order valence-corrected chi connectivity index (χ2v) is 5.59. The predicted octanol–water partition coefficient (Wildman–Crippen LogP) is 4.37. The lowest BCUT2D eigenvalue weighted by molar-refractivity contribution is 0.414. The molecule has 2 rings (SSSR count). The van der Waals surface area contributed by atoms with Gasteiger partial charge in [-0.05, 0) is 49.9 Å². The van der Waals surface area contributed by atoms with Gasteiger partial charge in [0.25, 0.3) is 0 Å². The first-order chi connectivity index (χ1) is 10.2. The zero-order valence-corrected chi connectivity index (χ0v) is 13.2. The standard InChI is InChI=1S/C19H25NO/c1-15(20-16(2)18-7-5-4-6-8-18)9-10-17-11-13-19(21-3)14-12-17/h4-8,11-16,20H,9-10H2,1-3H3/t15-,16-/m1/s1. The Morgan fingerprint density at radius 3 is 2.24 bits per heavy atom. The summed E-state index contributed by atoms with van der Waals surface area (Å²) in [5.74, 6) is 0.919. The third-order valence-corrected chi connectivity index (χ3v) is 3.86. The molecule has 0 fully saturated rings. The molecule has 0 bridgehead atoms. The summed E-state index contributed by atoms with van der Waals surface area (Å²) in [4.78, 5) is 0. The molecule has 0 saturated heterocycles. The number of hydrogen-bond acceptors (Lipinski definition) is 2. The lowest BCUT2D eigenvalue weighted by Gasteiger charge is -2.20. The van der Waals surface area contributed by atoms with E-state index in [9.17, 15) is 0 Å². The third kappa shape index (κ3) is 4.91. The van der Waals surface area contributed by atoms with Crippen molar-refractivity contribution in [2.75, 3.05) is 7.11 Å². The summed E-state index contributed by atoms with van der Waals surface area (Å²) in [5.41, 5.74) is 2.70. The van der Waals surface area contributed by atoms with Crippen LogP contribution in [0.1, 0.15) is 37.4 Å². The lowest BCUT2D eigenvalue weighted by atomic mass is 10.0. The first-order valence-corrected chi connectivity index (χ1v) is 7.63. The van der Waals surface area contributed by atoms with Gasteiger partial charge in [-0.3, -0.25) is 0 Å². The van der Waals surface area contributed by atoms with Crippen molar-refractivity contribution in [3.8, 4) is 5.75 Å². The molecule has 0 aromatic heterocycles. The van der Waals surface area contributed by atoms with Crippen LogP contribution >= 0.6 is 0 Å². The Labute approximate surface area is 128 Å². The van der Waals surface area contributed by atoms with Crippen molar-refractivity contribution in [3.05, 3.63) is 65.7 Å². The Morgan fingerprint density at radius 1 is 0.952 bits per heavy atom. The Balaban J connectivity index is 1.80. The SMILES string of the molecule is COc1ccc(CC[C@@H](C)N[C@H](C)c2ccccc2)cc1. The molecule has 0 radical (unpaired) electrons. The van der Waals surface area contributed by atoms with Gasteiger partial charge in [0.15, 0.2) is 0 Å². The van der Waals surface area contributed by atoms with Gasteiger partial charge in [0.05, 0.1) is 7.11 Å². The summed E-state index contributed by atoms with van der Waals surface area (Å²) in [5, 5.41) is 3.66. The maximum absolute atomic E-state index is 5.18. The van der Waals surface area contributed by atoms with E-state index >= 15 is 0 Å². The normalized spacial score (nSPS) is 13.7. The van der Waals surface area contributed by atoms with Gasteiger partial charge in [0, 0.05) is 12.1 Å². The number of benzene rings is 2. The fourth-order valence-corrected chi connectivity index (χ4v) is 2.52. The lowest BCUT2D eigenvalue weighted by Crippen LogP contribution is -2.29. The van der Waals surface area contributed by atoms with Crippen molar-refractivity contribution >= 4 is 0 Å². The van der Waals surface area contributed by atoms with E-state index in [4.69, 9.17) is 4.74 Å². The summed E-state index contributed by atoms with van der Waals surface area (Å²) in [6.45, 7) is 4.47. The largest absolute Gasteiger partial charge is 0.497 e. The van der Waals surface area contributed by atoms with Gasteiger partial charge in [-0.15, -0.1) is 0 Å². The maximum Gasteiger partial charge on any atom is 0.118 e. The van der Waals surface area contributed by atoms with Crippen LogP contribution in [0.25, 0.3) is 0 Å². The van der Waals surface area contributed by atoms with Crippen LogP contribution in [0.4, 0.5) is 0 Å². The monoisotopic (exact) mass is 283 g/mol. The minimum Gasteiger partial charge on any atom is -0.497 e. The van der Waals surface area contributed by atoms with Crippen LogP contribution in [-0.4, -0.2) is 13.2 Å². The molecule has 0 saturated carbocycles. The average Bonchev–Trinajstić information content (AvgIpc) is 2.54. The number of hydrogen-bond donors (Lipinski definition) is 1. The fourth-order valence-electron chi connectivity index (χ4n) is 2.52. The molecule has 2 atom stereocenters. The Bertz CT molecular complexity index is 521. The van der Waals surface area contributed by atoms with E-state index in [0.717, 1.165) is 18.6 Å². The fraction of sp³-hybridized carbons (Fsp3) is 0.368. The van der Waals surface area contributed by atoms with E-state index in [1.165, 1.54) is 11.1 Å². The van der Waals surface area contributed by atoms with Gasteiger partial charge < -0.3 is 10.1 Å². The summed E-state index contributed by atoms with van der Waals surface area (Å²) in [6.07, 6.45) is 2.21. The quantitative estimate of drug-likeness (QED) is 0.815. The van der Waals surface area contributed by atoms with Gasteiger partial charge in [0.1, 0.15) is 5.75 Å². The van der Waals surface area contributed by atoms with Crippen molar-refractivity contribution < 1.29 is 4.74 Å². The number of rotatable bonds is 7. The molecule has 112 valence electrons. The number of nitrogens with one attached hydrogen (secondary N) is 1. The van der Waals surface area contributed by atoms with E-state index in [1.807, 2.05) is 12.1 Å². The van der Waals surface area contributed by atoms with Crippen LogP contribution in [0.15, 0.2) is 54.6 Å². The minimum atomic E-state index is 0.386. The highest BCUT2D eigenvalue weighted by Gasteiger charge is 2.09. The predicted molar refractivity (Wildman–Crippen MR) is 88.8 cm³/mol. The molecule has 0 amide bonds. The van der Waals surface area contributed by atoms with E-state index in [0.29, 0.717) is 12.1 Å². The van der Waals surface area contributed by atoms with Gasteiger partial charge in [-0.25, -0.2) is 0 Å². The highest BCUT2D eigenvalue weighted by atomic mass is 16.5. The topological polar surface area (TPSA) is 21.3 Å². The number of methoxy groups -OCH3 is 1. The average molecular weight is 283 g/mol. The van der Waals surface area contributed by atoms with E-state index in [2.05, 4.69) is 61.6 Å². The highest BCUT2D eigenvalue weighted by molar-refractivity contribution is 5.27. The van der Waals surface area contributed by atoms with Gasteiger partial charge in [-0.2, -0.15) is 0 Å². The molecular weight excluding hydrogens is 258 g/mol. The molecular formula is C19H25NO. The van der Waals surface area contributed by atoms with Crippen molar-refractivity contribution in [2.45, 2.75) is 38.8 Å². The molecule has 2 aromatic carbocycles. The highest BCUT2D eigenvalue weighted by Crippen LogP contribution is 2.15. The summed E-state index contributed by atoms with van der Waals surface area (Å²) < 4.78 is 5.18. The minimum absolute atomic E-state index is 0.386. The van der Waals surface area contributed by atoms with Gasteiger partial charge >= 0.3 is 0 Å². The second-order valence-electron chi connectivity index (χ2n) is 5.59. The van der Waals surface area contributed by atoms with Gasteiger partial charge in [-0.1, -0.05) is 42.5 Å². The molecule has 0 heterocycles. The molecule has 2 heteroatoms. The molecule has 0 aliphatic rings. The zero-order valence-electron chi connectivity index (χ0n) is 13.2. The second kappa shape index (κ2) is 7.84. The van der Waals surface area contributed by atoms with Crippen LogP contribution in [0.5, 0.6) is 5.75 Å². The van der Waals surface area contributed by atoms with Crippen molar-refractivity contribution in [3.63, 3.8) is 0 Å². The van der Waals surface area contributed by atoms with E-state index < -0.39 is 0 Å². The Kier molecular flexibility index (Phi) is 5.82. The molecule has 0 aliphatic heterocycles. The summed E-state index contributed by atoms with van der Waals surface area (Å²) in [7, 11) is 1.70. The number of aryl methyl sites for hydroxylation is 1. The first kappa shape index (κ1) is 15.6. The first-order valence-electron chi connectivity index (χ1n) is 7.63. The van der Waals surface area contributed by atoms with Crippen molar-refractivity contribution in [2.24, 2.45) is 0 Å². The summed E-state index contributed by atoms with van der Waals surface area (Å²) in [6, 6.07) is 19.8. The van der Waals surface area contributed by atoms with Crippen LogP contribution in [0.3, 0.4) is 0 Å². The Morgan fingerprint density at radius 2 is 1.62 bits per heavy atom. The Hall–Kier alpha value is -1.80. The molecule has 0 aliphatic carbocycles. The molecule has 0 spiro atoms.